The second kappa shape index (κ2) is 8.00. The molecule has 0 aromatic carbocycles. The Morgan fingerprint density at radius 3 is 2.73 bits per heavy atom. The van der Waals surface area contributed by atoms with E-state index < -0.39 is 5.60 Å². The summed E-state index contributed by atoms with van der Waals surface area (Å²) in [6.07, 6.45) is 9.29. The minimum absolute atomic E-state index is 0.142. The van der Waals surface area contributed by atoms with E-state index in [0.717, 1.165) is 62.4 Å². The molecule has 0 radical (unpaired) electrons. The quantitative estimate of drug-likeness (QED) is 0.809. The van der Waals surface area contributed by atoms with E-state index in [0.29, 0.717) is 13.1 Å². The van der Waals surface area contributed by atoms with Gasteiger partial charge in [0.25, 0.3) is 5.91 Å². The standard InChI is InChI=1S/C22H28N4O3S/c1-28-22(3-7-23-8-4-22)20(27)26-11-5-21(6-12-26)16-14-19(17-15-24-9-10-25-17)30-18(16)2-13-29-21/h9-10,14-15,23H,2-8,11-13H2,1H3. The number of hydrogen-bond acceptors (Lipinski definition) is 7. The maximum atomic E-state index is 13.3. The van der Waals surface area contributed by atoms with Gasteiger partial charge in [0, 0.05) is 43.9 Å². The van der Waals surface area contributed by atoms with Crippen molar-refractivity contribution < 1.29 is 14.3 Å². The number of carbonyl (C=O) groups is 1. The topological polar surface area (TPSA) is 76.6 Å². The van der Waals surface area contributed by atoms with Crippen molar-refractivity contribution in [2.45, 2.75) is 43.3 Å². The molecule has 1 amide bonds. The summed E-state index contributed by atoms with van der Waals surface area (Å²) < 4.78 is 12.2. The lowest BCUT2D eigenvalue weighted by atomic mass is 9.81. The van der Waals surface area contributed by atoms with E-state index in [4.69, 9.17) is 9.47 Å². The molecule has 0 saturated carbocycles. The summed E-state index contributed by atoms with van der Waals surface area (Å²) in [6.45, 7) is 3.78. The molecule has 2 fully saturated rings. The maximum Gasteiger partial charge on any atom is 0.254 e. The number of piperidine rings is 2. The van der Waals surface area contributed by atoms with Crippen molar-refractivity contribution in [2.24, 2.45) is 0 Å². The second-order valence-electron chi connectivity index (χ2n) is 8.37. The third kappa shape index (κ3) is 3.36. The first-order valence-corrected chi connectivity index (χ1v) is 11.6. The molecule has 1 spiro atoms. The summed E-state index contributed by atoms with van der Waals surface area (Å²) >= 11 is 1.80. The van der Waals surface area contributed by atoms with Crippen LogP contribution in [0.2, 0.25) is 0 Å². The predicted molar refractivity (Wildman–Crippen MR) is 114 cm³/mol. The van der Waals surface area contributed by atoms with Crippen LogP contribution in [0.15, 0.2) is 24.7 Å². The summed E-state index contributed by atoms with van der Waals surface area (Å²) in [4.78, 5) is 26.5. The van der Waals surface area contributed by atoms with Crippen LogP contribution in [0.4, 0.5) is 0 Å². The zero-order chi connectivity index (χ0) is 20.6. The highest BCUT2D eigenvalue weighted by Gasteiger charge is 2.47. The Kier molecular flexibility index (Phi) is 5.35. The molecule has 3 aliphatic rings. The number of nitrogens with one attached hydrogen (secondary N) is 1. The SMILES string of the molecule is COC1(C(=O)N2CCC3(CC2)OCCc2sc(-c4cnccn4)cc23)CCNCC1. The summed E-state index contributed by atoms with van der Waals surface area (Å²) in [5, 5.41) is 3.33. The van der Waals surface area contributed by atoms with Gasteiger partial charge in [0.2, 0.25) is 0 Å². The number of fused-ring (bicyclic) bond motifs is 2. The third-order valence-electron chi connectivity index (χ3n) is 6.87. The molecule has 5 heterocycles. The van der Waals surface area contributed by atoms with E-state index in [9.17, 15) is 4.79 Å². The number of likely N-dealkylation sites (tertiary alicyclic amines) is 1. The summed E-state index contributed by atoms with van der Waals surface area (Å²) in [7, 11) is 1.67. The number of hydrogen-bond donors (Lipinski definition) is 1. The Labute approximate surface area is 180 Å². The number of thiophene rings is 1. The van der Waals surface area contributed by atoms with Gasteiger partial charge in [-0.1, -0.05) is 0 Å². The Bertz CT molecular complexity index is 902. The first kappa shape index (κ1) is 20.1. The average Bonchev–Trinajstić information content (AvgIpc) is 3.26. The first-order valence-electron chi connectivity index (χ1n) is 10.7. The minimum Gasteiger partial charge on any atom is -0.370 e. The molecule has 160 valence electrons. The number of carbonyl (C=O) groups excluding carboxylic acids is 1. The van der Waals surface area contributed by atoms with Crippen molar-refractivity contribution in [3.63, 3.8) is 0 Å². The monoisotopic (exact) mass is 428 g/mol. The van der Waals surface area contributed by atoms with Crippen molar-refractivity contribution in [3.8, 4) is 10.6 Å². The van der Waals surface area contributed by atoms with Gasteiger partial charge in [-0.15, -0.1) is 11.3 Å². The van der Waals surface area contributed by atoms with Crippen molar-refractivity contribution in [1.82, 2.24) is 20.2 Å². The lowest BCUT2D eigenvalue weighted by Crippen LogP contribution is -2.58. The molecule has 0 unspecified atom stereocenters. The van der Waals surface area contributed by atoms with E-state index in [-0.39, 0.29) is 11.5 Å². The van der Waals surface area contributed by atoms with Gasteiger partial charge in [0.05, 0.1) is 29.0 Å². The van der Waals surface area contributed by atoms with E-state index in [1.165, 1.54) is 10.4 Å². The predicted octanol–water partition coefficient (Wildman–Crippen LogP) is 2.36. The van der Waals surface area contributed by atoms with Crippen molar-refractivity contribution in [1.29, 1.82) is 0 Å². The molecule has 2 aromatic heterocycles. The van der Waals surface area contributed by atoms with Crippen LogP contribution in [0.5, 0.6) is 0 Å². The summed E-state index contributed by atoms with van der Waals surface area (Å²) in [5.74, 6) is 0.142. The molecule has 8 heteroatoms. The van der Waals surface area contributed by atoms with Gasteiger partial charge >= 0.3 is 0 Å². The van der Waals surface area contributed by atoms with Crippen LogP contribution < -0.4 is 5.32 Å². The van der Waals surface area contributed by atoms with Gasteiger partial charge in [-0.05, 0) is 50.4 Å². The Hall–Kier alpha value is -1.87. The lowest BCUT2D eigenvalue weighted by Gasteiger charge is -2.46. The fraction of sp³-hybridized carbons (Fsp3) is 0.591. The molecule has 7 nitrogen and oxygen atoms in total. The fourth-order valence-electron chi connectivity index (χ4n) is 5.08. The molecule has 0 atom stereocenters. The van der Waals surface area contributed by atoms with Crippen LogP contribution in [0.1, 0.15) is 36.1 Å². The average molecular weight is 429 g/mol. The van der Waals surface area contributed by atoms with Gasteiger partial charge in [0.1, 0.15) is 5.60 Å². The normalized spacial score (nSPS) is 22.6. The van der Waals surface area contributed by atoms with Crippen molar-refractivity contribution in [2.75, 3.05) is 39.9 Å². The van der Waals surface area contributed by atoms with Crippen molar-refractivity contribution in [3.05, 3.63) is 35.1 Å². The third-order valence-corrected chi connectivity index (χ3v) is 8.09. The highest BCUT2D eigenvalue weighted by atomic mass is 32.1. The van der Waals surface area contributed by atoms with Crippen LogP contribution >= 0.6 is 11.3 Å². The molecule has 0 bridgehead atoms. The number of nitrogens with zero attached hydrogens (tertiary/aromatic N) is 3. The number of methoxy groups -OCH3 is 1. The van der Waals surface area contributed by atoms with Crippen LogP contribution in [-0.2, 0) is 26.3 Å². The number of rotatable bonds is 3. The lowest BCUT2D eigenvalue weighted by molar-refractivity contribution is -0.165. The minimum atomic E-state index is -0.671. The van der Waals surface area contributed by atoms with Crippen LogP contribution in [0.3, 0.4) is 0 Å². The van der Waals surface area contributed by atoms with E-state index in [2.05, 4.69) is 21.4 Å². The molecule has 2 saturated heterocycles. The maximum absolute atomic E-state index is 13.3. The van der Waals surface area contributed by atoms with Crippen LogP contribution in [0.25, 0.3) is 10.6 Å². The Morgan fingerprint density at radius 2 is 2.03 bits per heavy atom. The van der Waals surface area contributed by atoms with Crippen molar-refractivity contribution >= 4 is 17.2 Å². The highest BCUT2D eigenvalue weighted by molar-refractivity contribution is 7.15. The summed E-state index contributed by atoms with van der Waals surface area (Å²) in [5.41, 5.74) is 1.23. The smallest absolute Gasteiger partial charge is 0.254 e. The van der Waals surface area contributed by atoms with Gasteiger partial charge < -0.3 is 19.7 Å². The number of amides is 1. The van der Waals surface area contributed by atoms with E-state index in [1.807, 2.05) is 11.1 Å². The van der Waals surface area contributed by atoms with Gasteiger partial charge in [-0.3, -0.25) is 14.8 Å². The van der Waals surface area contributed by atoms with Crippen LogP contribution in [0, 0.1) is 0 Å². The van der Waals surface area contributed by atoms with E-state index in [1.54, 1.807) is 30.8 Å². The molecule has 5 rings (SSSR count). The Balaban J connectivity index is 1.35. The second-order valence-corrected chi connectivity index (χ2v) is 9.51. The fourth-order valence-corrected chi connectivity index (χ4v) is 6.27. The van der Waals surface area contributed by atoms with Gasteiger partial charge in [-0.2, -0.15) is 0 Å². The zero-order valence-corrected chi connectivity index (χ0v) is 18.2. The molecule has 0 aliphatic carbocycles. The molecule has 2 aromatic rings. The molecule has 1 N–H and O–H groups in total. The molecule has 3 aliphatic heterocycles. The van der Waals surface area contributed by atoms with Crippen LogP contribution in [-0.4, -0.2) is 66.3 Å². The first-order chi connectivity index (χ1) is 14.7. The molecular weight excluding hydrogens is 400 g/mol. The number of aromatic nitrogens is 2. The van der Waals surface area contributed by atoms with Gasteiger partial charge in [-0.25, -0.2) is 0 Å². The molecular formula is C22H28N4O3S. The zero-order valence-electron chi connectivity index (χ0n) is 17.4. The largest absolute Gasteiger partial charge is 0.370 e. The Morgan fingerprint density at radius 1 is 1.23 bits per heavy atom. The van der Waals surface area contributed by atoms with Gasteiger partial charge in [0.15, 0.2) is 0 Å². The summed E-state index contributed by atoms with van der Waals surface area (Å²) in [6, 6.07) is 2.24. The molecule has 30 heavy (non-hydrogen) atoms. The highest BCUT2D eigenvalue weighted by Crippen LogP contribution is 2.46. The number of ether oxygens (including phenoxy) is 2. The van der Waals surface area contributed by atoms with E-state index >= 15 is 0 Å².